The van der Waals surface area contributed by atoms with Gasteiger partial charge in [-0.3, -0.25) is 0 Å². The molecule has 0 fully saturated rings. The molecular weight excluding hydrogens is 296 g/mol. The van der Waals surface area contributed by atoms with Gasteiger partial charge in [0, 0.05) is 4.47 Å². The van der Waals surface area contributed by atoms with E-state index in [9.17, 15) is 0 Å². The molecule has 94 valence electrons. The number of hydrogen-bond donors (Lipinski definition) is 3. The first-order valence-electron chi connectivity index (χ1n) is 5.22. The SMILES string of the molecule is COc1ccc(Br)cc1Nc1ccc(N)c(N)n1. The Morgan fingerprint density at radius 2 is 2.00 bits per heavy atom. The fraction of sp³-hybridized carbons (Fsp3) is 0.0833. The van der Waals surface area contributed by atoms with E-state index in [0.29, 0.717) is 17.3 Å². The summed E-state index contributed by atoms with van der Waals surface area (Å²) in [6.07, 6.45) is 0. The van der Waals surface area contributed by atoms with Gasteiger partial charge in [-0.2, -0.15) is 0 Å². The molecule has 0 aliphatic carbocycles. The third-order valence-electron chi connectivity index (χ3n) is 2.38. The Morgan fingerprint density at radius 3 is 2.67 bits per heavy atom. The van der Waals surface area contributed by atoms with E-state index >= 15 is 0 Å². The Morgan fingerprint density at radius 1 is 1.22 bits per heavy atom. The van der Waals surface area contributed by atoms with E-state index in [0.717, 1.165) is 15.9 Å². The molecule has 0 saturated carbocycles. The number of nitrogens with two attached hydrogens (primary N) is 2. The van der Waals surface area contributed by atoms with Crippen molar-refractivity contribution < 1.29 is 4.74 Å². The number of anilines is 4. The molecule has 0 unspecified atom stereocenters. The van der Waals surface area contributed by atoms with Crippen LogP contribution in [0, 0.1) is 0 Å². The van der Waals surface area contributed by atoms with Crippen molar-refractivity contribution in [2.45, 2.75) is 0 Å². The molecule has 0 saturated heterocycles. The average Bonchev–Trinajstić information content (AvgIpc) is 2.34. The maximum atomic E-state index is 5.66. The standard InChI is InChI=1S/C12H13BrN4O/c1-18-10-4-2-7(13)6-9(10)16-11-5-3-8(14)12(15)17-11/h2-6H,14H2,1H3,(H3,15,16,17). The first-order chi connectivity index (χ1) is 8.60. The molecule has 0 radical (unpaired) electrons. The lowest BCUT2D eigenvalue weighted by Crippen LogP contribution is -2.02. The number of rotatable bonds is 3. The van der Waals surface area contributed by atoms with Crippen molar-refractivity contribution in [3.05, 3.63) is 34.8 Å². The molecule has 1 heterocycles. The molecule has 0 bridgehead atoms. The van der Waals surface area contributed by atoms with Crippen molar-refractivity contribution >= 4 is 38.9 Å². The molecule has 0 spiro atoms. The highest BCUT2D eigenvalue weighted by Crippen LogP contribution is 2.30. The Balaban J connectivity index is 2.33. The van der Waals surface area contributed by atoms with Gasteiger partial charge in [-0.1, -0.05) is 15.9 Å². The molecule has 18 heavy (non-hydrogen) atoms. The van der Waals surface area contributed by atoms with Gasteiger partial charge in [0.1, 0.15) is 17.4 Å². The minimum atomic E-state index is 0.300. The van der Waals surface area contributed by atoms with E-state index < -0.39 is 0 Å². The van der Waals surface area contributed by atoms with Gasteiger partial charge in [-0.25, -0.2) is 4.98 Å². The molecule has 0 atom stereocenters. The fourth-order valence-corrected chi connectivity index (χ4v) is 1.83. The number of aromatic nitrogens is 1. The molecule has 6 heteroatoms. The topological polar surface area (TPSA) is 86.2 Å². The monoisotopic (exact) mass is 308 g/mol. The third-order valence-corrected chi connectivity index (χ3v) is 2.87. The summed E-state index contributed by atoms with van der Waals surface area (Å²) < 4.78 is 6.20. The average molecular weight is 309 g/mol. The van der Waals surface area contributed by atoms with Crippen molar-refractivity contribution in [1.82, 2.24) is 4.98 Å². The van der Waals surface area contributed by atoms with Crippen LogP contribution in [-0.2, 0) is 0 Å². The Hall–Kier alpha value is -1.95. The maximum Gasteiger partial charge on any atom is 0.149 e. The van der Waals surface area contributed by atoms with Crippen molar-refractivity contribution in [3.8, 4) is 5.75 Å². The van der Waals surface area contributed by atoms with E-state index in [1.165, 1.54) is 0 Å². The second-order valence-corrected chi connectivity index (χ2v) is 4.56. The van der Waals surface area contributed by atoms with E-state index in [-0.39, 0.29) is 0 Å². The lowest BCUT2D eigenvalue weighted by molar-refractivity contribution is 0.416. The minimum absolute atomic E-state index is 0.300. The normalized spacial score (nSPS) is 10.1. The predicted octanol–water partition coefficient (Wildman–Crippen LogP) is 2.76. The summed E-state index contributed by atoms with van der Waals surface area (Å²) in [6, 6.07) is 9.11. The summed E-state index contributed by atoms with van der Waals surface area (Å²) in [4.78, 5) is 4.14. The summed E-state index contributed by atoms with van der Waals surface area (Å²) in [5, 5.41) is 3.13. The summed E-state index contributed by atoms with van der Waals surface area (Å²) in [7, 11) is 1.61. The quantitative estimate of drug-likeness (QED) is 0.811. The maximum absolute atomic E-state index is 5.66. The van der Waals surface area contributed by atoms with Crippen LogP contribution in [-0.4, -0.2) is 12.1 Å². The molecule has 5 nitrogen and oxygen atoms in total. The van der Waals surface area contributed by atoms with Crippen molar-refractivity contribution in [2.24, 2.45) is 0 Å². The van der Waals surface area contributed by atoms with Gasteiger partial charge in [0.05, 0.1) is 18.5 Å². The number of benzene rings is 1. The van der Waals surface area contributed by atoms with Crippen LogP contribution < -0.4 is 21.5 Å². The zero-order valence-corrected chi connectivity index (χ0v) is 11.4. The first kappa shape index (κ1) is 12.5. The van der Waals surface area contributed by atoms with Crippen molar-refractivity contribution in [1.29, 1.82) is 0 Å². The van der Waals surface area contributed by atoms with Crippen LogP contribution in [0.2, 0.25) is 0 Å². The number of methoxy groups -OCH3 is 1. The van der Waals surface area contributed by atoms with Gasteiger partial charge in [0.25, 0.3) is 0 Å². The summed E-state index contributed by atoms with van der Waals surface area (Å²) >= 11 is 3.40. The van der Waals surface area contributed by atoms with Gasteiger partial charge in [0.15, 0.2) is 0 Å². The van der Waals surface area contributed by atoms with E-state index in [1.807, 2.05) is 18.2 Å². The molecule has 0 aliphatic rings. The van der Waals surface area contributed by atoms with Gasteiger partial charge < -0.3 is 21.5 Å². The molecule has 5 N–H and O–H groups in total. The zero-order valence-electron chi connectivity index (χ0n) is 9.77. The fourth-order valence-electron chi connectivity index (χ4n) is 1.47. The first-order valence-corrected chi connectivity index (χ1v) is 6.02. The highest BCUT2D eigenvalue weighted by molar-refractivity contribution is 9.10. The number of nitrogens with zero attached hydrogens (tertiary/aromatic N) is 1. The van der Waals surface area contributed by atoms with Crippen LogP contribution in [0.3, 0.4) is 0 Å². The third kappa shape index (κ3) is 2.65. The number of pyridine rings is 1. The van der Waals surface area contributed by atoms with E-state index in [1.54, 1.807) is 19.2 Å². The molecule has 2 rings (SSSR count). The summed E-state index contributed by atoms with van der Waals surface area (Å²) in [5.41, 5.74) is 12.5. The molecular formula is C12H13BrN4O. The largest absolute Gasteiger partial charge is 0.495 e. The number of hydrogen-bond acceptors (Lipinski definition) is 5. The highest BCUT2D eigenvalue weighted by Gasteiger charge is 2.06. The van der Waals surface area contributed by atoms with Gasteiger partial charge in [-0.15, -0.1) is 0 Å². The van der Waals surface area contributed by atoms with Crippen molar-refractivity contribution in [2.75, 3.05) is 23.9 Å². The van der Waals surface area contributed by atoms with Crippen LogP contribution in [0.5, 0.6) is 5.75 Å². The highest BCUT2D eigenvalue weighted by atomic mass is 79.9. The lowest BCUT2D eigenvalue weighted by Gasteiger charge is -2.11. The van der Waals surface area contributed by atoms with Crippen LogP contribution in [0.15, 0.2) is 34.8 Å². The minimum Gasteiger partial charge on any atom is -0.495 e. The summed E-state index contributed by atoms with van der Waals surface area (Å²) in [6.45, 7) is 0. The molecule has 2 aromatic rings. The summed E-state index contributed by atoms with van der Waals surface area (Å²) in [5.74, 6) is 1.63. The molecule has 1 aromatic heterocycles. The van der Waals surface area contributed by atoms with Crippen LogP contribution >= 0.6 is 15.9 Å². The molecule has 0 amide bonds. The van der Waals surface area contributed by atoms with Gasteiger partial charge in [0.2, 0.25) is 0 Å². The second-order valence-electron chi connectivity index (χ2n) is 3.64. The Kier molecular flexibility index (Phi) is 3.57. The predicted molar refractivity (Wildman–Crippen MR) is 77.0 cm³/mol. The van der Waals surface area contributed by atoms with Crippen LogP contribution in [0.4, 0.5) is 23.0 Å². The van der Waals surface area contributed by atoms with Crippen LogP contribution in [0.1, 0.15) is 0 Å². The van der Waals surface area contributed by atoms with Gasteiger partial charge in [-0.05, 0) is 30.3 Å². The van der Waals surface area contributed by atoms with Crippen LogP contribution in [0.25, 0.3) is 0 Å². The smallest absolute Gasteiger partial charge is 0.149 e. The number of ether oxygens (including phenoxy) is 1. The Bertz CT molecular complexity index is 574. The number of nitrogen functional groups attached to an aromatic ring is 2. The molecule has 0 aliphatic heterocycles. The van der Waals surface area contributed by atoms with Crippen molar-refractivity contribution in [3.63, 3.8) is 0 Å². The number of nitrogens with one attached hydrogen (secondary N) is 1. The lowest BCUT2D eigenvalue weighted by atomic mass is 10.3. The number of halogens is 1. The van der Waals surface area contributed by atoms with E-state index in [4.69, 9.17) is 16.2 Å². The molecule has 1 aromatic carbocycles. The zero-order chi connectivity index (χ0) is 13.1. The Labute approximate surface area is 113 Å². The second kappa shape index (κ2) is 5.14. The van der Waals surface area contributed by atoms with E-state index in [2.05, 4.69) is 26.2 Å². The van der Waals surface area contributed by atoms with Gasteiger partial charge >= 0.3 is 0 Å².